The maximum Gasteiger partial charge on any atom is 0.330 e. The molecule has 3 N–H and O–H groups in total. The zero-order valence-corrected chi connectivity index (χ0v) is 11.9. The first-order chi connectivity index (χ1) is 9.93. The smallest absolute Gasteiger partial charge is 0.330 e. The first kappa shape index (κ1) is 16.6. The van der Waals surface area contributed by atoms with Crippen molar-refractivity contribution in [3.63, 3.8) is 0 Å². The third-order valence-corrected chi connectivity index (χ3v) is 2.92. The number of azide groups is 1. The monoisotopic (exact) mass is 294 g/mol. The van der Waals surface area contributed by atoms with Gasteiger partial charge >= 0.3 is 5.97 Å². The van der Waals surface area contributed by atoms with Crippen LogP contribution in [0.15, 0.2) is 23.3 Å². The standard InChI is InChI=1S/C13H18N4O4/c1-3-21-12(20)13(2,15-4-5-16-17-14)9-6-10(18)8-11(19)7-9/h6-8,15,18-19H,3-5H2,1-2H3. The minimum absolute atomic E-state index is 0.149. The summed E-state index contributed by atoms with van der Waals surface area (Å²) < 4.78 is 5.03. The molecule has 0 amide bonds. The lowest BCUT2D eigenvalue weighted by Gasteiger charge is -2.29. The van der Waals surface area contributed by atoms with Crippen LogP contribution < -0.4 is 5.32 Å². The Kier molecular flexibility index (Phi) is 5.83. The van der Waals surface area contributed by atoms with Crippen molar-refractivity contribution >= 4 is 5.97 Å². The van der Waals surface area contributed by atoms with Crippen molar-refractivity contribution in [3.8, 4) is 11.5 Å². The molecular formula is C13H18N4O4. The number of esters is 1. The normalized spacial score (nSPS) is 13.0. The molecule has 8 nitrogen and oxygen atoms in total. The lowest BCUT2D eigenvalue weighted by Crippen LogP contribution is -2.48. The summed E-state index contributed by atoms with van der Waals surface area (Å²) in [6.07, 6.45) is 0. The van der Waals surface area contributed by atoms with Crippen molar-refractivity contribution in [2.24, 2.45) is 5.11 Å². The van der Waals surface area contributed by atoms with Crippen LogP contribution in [0, 0.1) is 0 Å². The lowest BCUT2D eigenvalue weighted by atomic mass is 9.91. The van der Waals surface area contributed by atoms with Crippen molar-refractivity contribution in [1.82, 2.24) is 5.32 Å². The number of benzene rings is 1. The maximum absolute atomic E-state index is 12.2. The predicted molar refractivity (Wildman–Crippen MR) is 75.8 cm³/mol. The molecule has 114 valence electrons. The zero-order chi connectivity index (χ0) is 15.9. The Morgan fingerprint density at radius 3 is 2.57 bits per heavy atom. The molecule has 1 atom stereocenters. The van der Waals surface area contributed by atoms with Crippen LogP contribution in [0.2, 0.25) is 0 Å². The largest absolute Gasteiger partial charge is 0.508 e. The van der Waals surface area contributed by atoms with E-state index in [2.05, 4.69) is 15.3 Å². The predicted octanol–water partition coefficient (Wildman–Crippen LogP) is 1.78. The fourth-order valence-corrected chi connectivity index (χ4v) is 1.85. The summed E-state index contributed by atoms with van der Waals surface area (Å²) in [4.78, 5) is 14.8. The van der Waals surface area contributed by atoms with Gasteiger partial charge in [0.15, 0.2) is 0 Å². The summed E-state index contributed by atoms with van der Waals surface area (Å²) in [6.45, 7) is 3.82. The third kappa shape index (κ3) is 4.27. The second kappa shape index (κ2) is 7.37. The summed E-state index contributed by atoms with van der Waals surface area (Å²) in [5.74, 6) is -0.898. The van der Waals surface area contributed by atoms with Crippen molar-refractivity contribution in [1.29, 1.82) is 0 Å². The van der Waals surface area contributed by atoms with E-state index in [0.29, 0.717) is 5.56 Å². The molecular weight excluding hydrogens is 276 g/mol. The number of carbonyl (C=O) groups excluding carboxylic acids is 1. The van der Waals surface area contributed by atoms with E-state index in [0.717, 1.165) is 6.07 Å². The highest BCUT2D eigenvalue weighted by Crippen LogP contribution is 2.29. The second-order valence-electron chi connectivity index (χ2n) is 4.46. The Bertz CT molecular complexity index is 537. The lowest BCUT2D eigenvalue weighted by molar-refractivity contribution is -0.151. The number of phenolic OH excluding ortho intramolecular Hbond substituents is 2. The molecule has 21 heavy (non-hydrogen) atoms. The van der Waals surface area contributed by atoms with Crippen LogP contribution in [0.4, 0.5) is 0 Å². The van der Waals surface area contributed by atoms with Gasteiger partial charge in [-0.2, -0.15) is 0 Å². The summed E-state index contributed by atoms with van der Waals surface area (Å²) in [6, 6.07) is 3.88. The number of ether oxygens (including phenoxy) is 1. The van der Waals surface area contributed by atoms with Gasteiger partial charge in [0.1, 0.15) is 17.0 Å². The Morgan fingerprint density at radius 2 is 2.05 bits per heavy atom. The Hall–Kier alpha value is -2.44. The number of hydrogen-bond donors (Lipinski definition) is 3. The van der Waals surface area contributed by atoms with Gasteiger partial charge in [-0.05, 0) is 37.1 Å². The number of rotatable bonds is 7. The Labute approximate surface area is 122 Å². The van der Waals surface area contributed by atoms with Gasteiger partial charge in [0.25, 0.3) is 0 Å². The molecule has 0 saturated carbocycles. The van der Waals surface area contributed by atoms with E-state index in [-0.39, 0.29) is 31.2 Å². The summed E-state index contributed by atoms with van der Waals surface area (Å²) in [5.41, 5.74) is 7.32. The van der Waals surface area contributed by atoms with E-state index >= 15 is 0 Å². The molecule has 1 aromatic rings. The highest BCUT2D eigenvalue weighted by Gasteiger charge is 2.36. The number of phenols is 2. The van der Waals surface area contributed by atoms with E-state index in [1.165, 1.54) is 12.1 Å². The molecule has 0 spiro atoms. The van der Waals surface area contributed by atoms with Crippen molar-refractivity contribution in [2.45, 2.75) is 19.4 Å². The fourth-order valence-electron chi connectivity index (χ4n) is 1.85. The van der Waals surface area contributed by atoms with Crippen LogP contribution in [0.1, 0.15) is 19.4 Å². The van der Waals surface area contributed by atoms with Crippen LogP contribution in [-0.2, 0) is 15.1 Å². The highest BCUT2D eigenvalue weighted by molar-refractivity contribution is 5.82. The molecule has 1 unspecified atom stereocenters. The Morgan fingerprint density at radius 1 is 1.43 bits per heavy atom. The van der Waals surface area contributed by atoms with Gasteiger partial charge in [-0.1, -0.05) is 5.11 Å². The molecule has 0 aromatic heterocycles. The van der Waals surface area contributed by atoms with Gasteiger partial charge in [-0.3, -0.25) is 5.32 Å². The number of carbonyl (C=O) groups is 1. The van der Waals surface area contributed by atoms with Crippen molar-refractivity contribution < 1.29 is 19.7 Å². The average molecular weight is 294 g/mol. The van der Waals surface area contributed by atoms with E-state index < -0.39 is 11.5 Å². The number of hydrogen-bond acceptors (Lipinski definition) is 6. The second-order valence-corrected chi connectivity index (χ2v) is 4.46. The molecule has 0 aliphatic heterocycles. The quantitative estimate of drug-likeness (QED) is 0.232. The van der Waals surface area contributed by atoms with E-state index in [1.807, 2.05) is 0 Å². The number of nitrogens with zero attached hydrogens (tertiary/aromatic N) is 3. The number of aromatic hydroxyl groups is 2. The van der Waals surface area contributed by atoms with Crippen LogP contribution >= 0.6 is 0 Å². The molecule has 0 fully saturated rings. The molecule has 0 aliphatic rings. The summed E-state index contributed by atoms with van der Waals surface area (Å²) >= 11 is 0. The minimum Gasteiger partial charge on any atom is -0.508 e. The highest BCUT2D eigenvalue weighted by atomic mass is 16.5. The SMILES string of the molecule is CCOC(=O)C(C)(NCCN=[N+]=[N-])c1cc(O)cc(O)c1. The van der Waals surface area contributed by atoms with Gasteiger partial charge in [0.2, 0.25) is 0 Å². The Balaban J connectivity index is 3.10. The molecule has 0 aliphatic carbocycles. The molecule has 1 aromatic carbocycles. The number of nitrogens with one attached hydrogen (secondary N) is 1. The molecule has 0 bridgehead atoms. The molecule has 0 heterocycles. The van der Waals surface area contributed by atoms with Gasteiger partial charge in [-0.15, -0.1) is 0 Å². The van der Waals surface area contributed by atoms with Crippen LogP contribution in [0.5, 0.6) is 11.5 Å². The van der Waals surface area contributed by atoms with E-state index in [1.54, 1.807) is 13.8 Å². The first-order valence-corrected chi connectivity index (χ1v) is 6.40. The first-order valence-electron chi connectivity index (χ1n) is 6.40. The fraction of sp³-hybridized carbons (Fsp3) is 0.462. The molecule has 8 heteroatoms. The van der Waals surface area contributed by atoms with Crippen molar-refractivity contribution in [2.75, 3.05) is 19.7 Å². The van der Waals surface area contributed by atoms with Gasteiger partial charge in [0, 0.05) is 24.1 Å². The van der Waals surface area contributed by atoms with E-state index in [9.17, 15) is 15.0 Å². The minimum atomic E-state index is -1.28. The van der Waals surface area contributed by atoms with Crippen molar-refractivity contribution in [3.05, 3.63) is 34.2 Å². The molecule has 1 rings (SSSR count). The molecule has 0 saturated heterocycles. The summed E-state index contributed by atoms with van der Waals surface area (Å²) in [5, 5.41) is 25.4. The van der Waals surface area contributed by atoms with Crippen LogP contribution in [0.25, 0.3) is 10.4 Å². The van der Waals surface area contributed by atoms with Crippen LogP contribution in [0.3, 0.4) is 0 Å². The molecule has 0 radical (unpaired) electrons. The van der Waals surface area contributed by atoms with Crippen LogP contribution in [-0.4, -0.2) is 35.9 Å². The summed E-state index contributed by atoms with van der Waals surface area (Å²) in [7, 11) is 0. The van der Waals surface area contributed by atoms with Gasteiger partial charge in [-0.25, -0.2) is 4.79 Å². The van der Waals surface area contributed by atoms with Gasteiger partial charge < -0.3 is 14.9 Å². The topological polar surface area (TPSA) is 128 Å². The van der Waals surface area contributed by atoms with Gasteiger partial charge in [0.05, 0.1) is 6.61 Å². The maximum atomic E-state index is 12.2. The average Bonchev–Trinajstić information content (AvgIpc) is 2.42. The third-order valence-electron chi connectivity index (χ3n) is 2.92. The zero-order valence-electron chi connectivity index (χ0n) is 11.9. The van der Waals surface area contributed by atoms with E-state index in [4.69, 9.17) is 10.3 Å².